The third-order valence-corrected chi connectivity index (χ3v) is 2.88. The molecule has 5 heteroatoms. The lowest BCUT2D eigenvalue weighted by atomic mass is 10.2. The maximum absolute atomic E-state index is 11.6. The van der Waals surface area contributed by atoms with E-state index in [4.69, 9.17) is 15.2 Å². The molecule has 3 N–H and O–H groups in total. The molecule has 0 saturated heterocycles. The van der Waals surface area contributed by atoms with E-state index in [1.165, 1.54) is 0 Å². The fourth-order valence-corrected chi connectivity index (χ4v) is 1.79. The first kappa shape index (κ1) is 17.3. The maximum atomic E-state index is 11.6. The second-order valence-electron chi connectivity index (χ2n) is 4.95. The van der Waals surface area contributed by atoms with Gasteiger partial charge in [0.15, 0.2) is 11.5 Å². The molecule has 1 aromatic carbocycles. The van der Waals surface area contributed by atoms with Gasteiger partial charge in [-0.05, 0) is 38.8 Å². The normalized spacial score (nSPS) is 11.8. The molecule has 21 heavy (non-hydrogen) atoms. The van der Waals surface area contributed by atoms with E-state index in [0.29, 0.717) is 32.6 Å². The molecule has 1 unspecified atom stereocenters. The highest BCUT2D eigenvalue weighted by Crippen LogP contribution is 2.26. The van der Waals surface area contributed by atoms with E-state index in [9.17, 15) is 4.79 Å². The van der Waals surface area contributed by atoms with Crippen LogP contribution in [0.2, 0.25) is 0 Å². The minimum absolute atomic E-state index is 0.0392. The third-order valence-electron chi connectivity index (χ3n) is 2.88. The van der Waals surface area contributed by atoms with Crippen molar-refractivity contribution in [2.24, 2.45) is 5.73 Å². The van der Waals surface area contributed by atoms with E-state index < -0.39 is 0 Å². The van der Waals surface area contributed by atoms with Crippen molar-refractivity contribution in [3.05, 3.63) is 24.3 Å². The second kappa shape index (κ2) is 10.0. The molecule has 0 aliphatic rings. The summed E-state index contributed by atoms with van der Waals surface area (Å²) in [5.74, 6) is 1.50. The summed E-state index contributed by atoms with van der Waals surface area (Å²) < 4.78 is 11.1. The van der Waals surface area contributed by atoms with Crippen LogP contribution in [0.5, 0.6) is 11.5 Å². The zero-order chi connectivity index (χ0) is 15.5. The van der Waals surface area contributed by atoms with Crippen LogP contribution in [0.4, 0.5) is 0 Å². The van der Waals surface area contributed by atoms with Crippen molar-refractivity contribution >= 4 is 5.91 Å². The molecule has 5 nitrogen and oxygen atoms in total. The van der Waals surface area contributed by atoms with Crippen LogP contribution in [0, 0.1) is 0 Å². The third kappa shape index (κ3) is 7.56. The van der Waals surface area contributed by atoms with Crippen LogP contribution < -0.4 is 20.5 Å². The Labute approximate surface area is 126 Å². The highest BCUT2D eigenvalue weighted by molar-refractivity contribution is 5.75. The zero-order valence-corrected chi connectivity index (χ0v) is 12.9. The topological polar surface area (TPSA) is 73.6 Å². The fourth-order valence-electron chi connectivity index (χ4n) is 1.79. The molecule has 1 amide bonds. The van der Waals surface area contributed by atoms with E-state index in [1.807, 2.05) is 38.1 Å². The number of carbonyl (C=O) groups excluding carboxylic acids is 1. The smallest absolute Gasteiger partial charge is 0.220 e. The number of hydrogen-bond donors (Lipinski definition) is 2. The van der Waals surface area contributed by atoms with Gasteiger partial charge in [-0.3, -0.25) is 4.79 Å². The number of ether oxygens (including phenoxy) is 2. The Hall–Kier alpha value is -1.75. The average molecular weight is 294 g/mol. The first-order chi connectivity index (χ1) is 10.1. The van der Waals surface area contributed by atoms with E-state index in [0.717, 1.165) is 17.9 Å². The number of para-hydroxylation sites is 2. The molecule has 0 aromatic heterocycles. The Balaban J connectivity index is 2.20. The van der Waals surface area contributed by atoms with Gasteiger partial charge in [-0.15, -0.1) is 0 Å². The minimum atomic E-state index is 0.0392. The summed E-state index contributed by atoms with van der Waals surface area (Å²) >= 11 is 0. The molecular weight excluding hydrogens is 268 g/mol. The summed E-state index contributed by atoms with van der Waals surface area (Å²) in [5, 5.41) is 2.85. The fraction of sp³-hybridized carbons (Fsp3) is 0.562. The zero-order valence-electron chi connectivity index (χ0n) is 12.9. The van der Waals surface area contributed by atoms with Gasteiger partial charge in [0.25, 0.3) is 0 Å². The van der Waals surface area contributed by atoms with Crippen molar-refractivity contribution in [1.82, 2.24) is 5.32 Å². The van der Waals surface area contributed by atoms with E-state index in [-0.39, 0.29) is 11.9 Å². The molecule has 0 aliphatic heterocycles. The van der Waals surface area contributed by atoms with Gasteiger partial charge < -0.3 is 20.5 Å². The van der Waals surface area contributed by atoms with Crippen molar-refractivity contribution in [3.63, 3.8) is 0 Å². The molecule has 118 valence electrons. The summed E-state index contributed by atoms with van der Waals surface area (Å²) in [6.07, 6.45) is 1.92. The highest BCUT2D eigenvalue weighted by atomic mass is 16.5. The first-order valence-corrected chi connectivity index (χ1v) is 7.50. The van der Waals surface area contributed by atoms with Crippen LogP contribution in [0.15, 0.2) is 24.3 Å². The second-order valence-corrected chi connectivity index (χ2v) is 4.95. The predicted octanol–water partition coefficient (Wildman–Crippen LogP) is 2.10. The van der Waals surface area contributed by atoms with E-state index in [2.05, 4.69) is 5.32 Å². The number of benzene rings is 1. The summed E-state index contributed by atoms with van der Waals surface area (Å²) in [7, 11) is 0. The molecule has 0 aliphatic carbocycles. The molecule has 0 spiro atoms. The van der Waals surface area contributed by atoms with Crippen LogP contribution >= 0.6 is 0 Å². The Kier molecular flexibility index (Phi) is 8.28. The Morgan fingerprint density at radius 3 is 2.57 bits per heavy atom. The minimum Gasteiger partial charge on any atom is -0.490 e. The number of hydrogen-bond acceptors (Lipinski definition) is 4. The van der Waals surface area contributed by atoms with Crippen molar-refractivity contribution in [2.45, 2.75) is 39.2 Å². The summed E-state index contributed by atoms with van der Waals surface area (Å²) in [6, 6.07) is 7.67. The molecule has 0 heterocycles. The summed E-state index contributed by atoms with van der Waals surface area (Å²) in [5.41, 5.74) is 5.62. The molecule has 0 saturated carbocycles. The van der Waals surface area contributed by atoms with Gasteiger partial charge >= 0.3 is 0 Å². The van der Waals surface area contributed by atoms with Crippen molar-refractivity contribution in [1.29, 1.82) is 0 Å². The molecule has 0 radical (unpaired) electrons. The van der Waals surface area contributed by atoms with Crippen LogP contribution in [0.25, 0.3) is 0 Å². The van der Waals surface area contributed by atoms with Crippen LogP contribution in [0.1, 0.15) is 33.1 Å². The quantitative estimate of drug-likeness (QED) is 0.648. The van der Waals surface area contributed by atoms with Gasteiger partial charge in [-0.1, -0.05) is 12.1 Å². The number of nitrogens with one attached hydrogen (secondary N) is 1. The molecule has 1 atom stereocenters. The van der Waals surface area contributed by atoms with Crippen molar-refractivity contribution in [3.8, 4) is 11.5 Å². The summed E-state index contributed by atoms with van der Waals surface area (Å²) in [4.78, 5) is 11.6. The summed E-state index contributed by atoms with van der Waals surface area (Å²) in [6.45, 7) is 5.58. The van der Waals surface area contributed by atoms with Crippen molar-refractivity contribution in [2.75, 3.05) is 19.8 Å². The van der Waals surface area contributed by atoms with Gasteiger partial charge in [0.1, 0.15) is 0 Å². The van der Waals surface area contributed by atoms with Gasteiger partial charge in [0.05, 0.1) is 13.2 Å². The maximum Gasteiger partial charge on any atom is 0.220 e. The van der Waals surface area contributed by atoms with E-state index in [1.54, 1.807) is 0 Å². The van der Waals surface area contributed by atoms with Gasteiger partial charge in [0.2, 0.25) is 5.91 Å². The SMILES string of the molecule is CCOc1ccccc1OCCCC(=O)NCCC(C)N. The molecular formula is C16H26N2O3. The van der Waals surface area contributed by atoms with Gasteiger partial charge in [0, 0.05) is 19.0 Å². The Morgan fingerprint density at radius 2 is 1.95 bits per heavy atom. The molecule has 0 bridgehead atoms. The molecule has 1 rings (SSSR count). The monoisotopic (exact) mass is 294 g/mol. The molecule has 1 aromatic rings. The van der Waals surface area contributed by atoms with Crippen LogP contribution in [-0.2, 0) is 4.79 Å². The van der Waals surface area contributed by atoms with Crippen LogP contribution in [-0.4, -0.2) is 31.7 Å². The number of rotatable bonds is 10. The lowest BCUT2D eigenvalue weighted by Gasteiger charge is -2.11. The number of carbonyl (C=O) groups is 1. The van der Waals surface area contributed by atoms with Crippen LogP contribution in [0.3, 0.4) is 0 Å². The van der Waals surface area contributed by atoms with Crippen molar-refractivity contribution < 1.29 is 14.3 Å². The largest absolute Gasteiger partial charge is 0.490 e. The van der Waals surface area contributed by atoms with Gasteiger partial charge in [-0.2, -0.15) is 0 Å². The Morgan fingerprint density at radius 1 is 1.29 bits per heavy atom. The van der Waals surface area contributed by atoms with Gasteiger partial charge in [-0.25, -0.2) is 0 Å². The lowest BCUT2D eigenvalue weighted by molar-refractivity contribution is -0.121. The average Bonchev–Trinajstić information content (AvgIpc) is 2.45. The number of amides is 1. The standard InChI is InChI=1S/C16H26N2O3/c1-3-20-14-7-4-5-8-15(14)21-12-6-9-16(19)18-11-10-13(2)17/h4-5,7-8,13H,3,6,9-12,17H2,1-2H3,(H,18,19). The van der Waals surface area contributed by atoms with E-state index >= 15 is 0 Å². The Bertz CT molecular complexity index is 422. The first-order valence-electron chi connectivity index (χ1n) is 7.50. The lowest BCUT2D eigenvalue weighted by Crippen LogP contribution is -2.28. The predicted molar refractivity (Wildman–Crippen MR) is 83.6 cm³/mol. The molecule has 0 fully saturated rings. The highest BCUT2D eigenvalue weighted by Gasteiger charge is 2.05. The number of nitrogens with two attached hydrogens (primary N) is 1.